The Kier molecular flexibility index (Phi) is 7.33. The first-order chi connectivity index (χ1) is 17.2. The summed E-state index contributed by atoms with van der Waals surface area (Å²) in [5.74, 6) is -0.117. The maximum atomic E-state index is 13.6. The van der Waals surface area contributed by atoms with Crippen LogP contribution in [0.1, 0.15) is 22.3 Å². The summed E-state index contributed by atoms with van der Waals surface area (Å²) in [7, 11) is 0. The standard InChI is InChI=1S/C10H9NO2.3C7H7.Sn/c12-10(13)5-7-6-11-9-4-2-1-3-8(7)9;3*1-7-5-3-2-4-6-7;/h1-4,6,11H,5H2,(H,12,13);3*2-6H,1H2;/q;;;;+1/p-1. The number of carbonyl (C=O) groups excluding carboxylic acids is 1. The predicted octanol–water partition coefficient (Wildman–Crippen LogP) is 6.54. The van der Waals surface area contributed by atoms with Crippen molar-refractivity contribution in [1.82, 2.24) is 4.98 Å². The molecule has 0 atom stereocenters. The summed E-state index contributed by atoms with van der Waals surface area (Å²) in [6.45, 7) is 0. The number of fused-ring (bicyclic) bond motifs is 1. The molecule has 1 N–H and O–H groups in total. The molecule has 0 amide bonds. The number of hydrogen-bond donors (Lipinski definition) is 1. The third-order valence-corrected chi connectivity index (χ3v) is 17.3. The van der Waals surface area contributed by atoms with Gasteiger partial charge in [-0.15, -0.1) is 0 Å². The molecule has 0 fully saturated rings. The monoisotopic (exact) mass is 567 g/mol. The van der Waals surface area contributed by atoms with Gasteiger partial charge in [0.1, 0.15) is 0 Å². The number of rotatable bonds is 9. The molecule has 0 aliphatic carbocycles. The first kappa shape index (κ1) is 23.4. The van der Waals surface area contributed by atoms with Gasteiger partial charge in [0.25, 0.3) is 0 Å². The molecule has 0 bridgehead atoms. The van der Waals surface area contributed by atoms with Gasteiger partial charge in [-0.3, -0.25) is 0 Å². The van der Waals surface area contributed by atoms with Gasteiger partial charge < -0.3 is 0 Å². The maximum absolute atomic E-state index is 13.6. The van der Waals surface area contributed by atoms with Gasteiger partial charge in [0.2, 0.25) is 0 Å². The molecule has 3 nitrogen and oxygen atoms in total. The Labute approximate surface area is 211 Å². The van der Waals surface area contributed by atoms with E-state index in [0.717, 1.165) is 29.8 Å². The molecule has 0 aliphatic rings. The van der Waals surface area contributed by atoms with E-state index in [1.54, 1.807) is 0 Å². The molecule has 5 rings (SSSR count). The molecule has 1 heterocycles. The van der Waals surface area contributed by atoms with Gasteiger partial charge in [-0.05, 0) is 0 Å². The topological polar surface area (TPSA) is 42.1 Å². The van der Waals surface area contributed by atoms with Crippen LogP contribution in [-0.4, -0.2) is 29.7 Å². The number of hydrogen-bond acceptors (Lipinski definition) is 2. The van der Waals surface area contributed by atoms with Crippen LogP contribution in [0.4, 0.5) is 0 Å². The van der Waals surface area contributed by atoms with Crippen molar-refractivity contribution in [2.45, 2.75) is 19.7 Å². The summed E-state index contributed by atoms with van der Waals surface area (Å²) in [6.07, 6.45) is 2.22. The van der Waals surface area contributed by atoms with Crippen molar-refractivity contribution >= 4 is 35.7 Å². The Morgan fingerprint density at radius 3 is 1.60 bits per heavy atom. The molecule has 0 aliphatic heterocycles. The van der Waals surface area contributed by atoms with Gasteiger partial charge in [0.05, 0.1) is 0 Å². The zero-order valence-electron chi connectivity index (χ0n) is 19.7. The average molecular weight is 566 g/mol. The molecule has 4 aromatic carbocycles. The Balaban J connectivity index is 1.49. The Morgan fingerprint density at radius 2 is 1.09 bits per heavy atom. The van der Waals surface area contributed by atoms with Gasteiger partial charge in [-0.2, -0.15) is 0 Å². The van der Waals surface area contributed by atoms with Crippen molar-refractivity contribution < 1.29 is 7.87 Å². The van der Waals surface area contributed by atoms with Gasteiger partial charge in [-0.25, -0.2) is 0 Å². The van der Waals surface area contributed by atoms with Crippen LogP contribution >= 0.6 is 0 Å². The van der Waals surface area contributed by atoms with E-state index in [-0.39, 0.29) is 12.4 Å². The Bertz CT molecular complexity index is 1280. The van der Waals surface area contributed by atoms with Crippen molar-refractivity contribution in [3.8, 4) is 0 Å². The van der Waals surface area contributed by atoms with Crippen LogP contribution in [0.15, 0.2) is 121 Å². The SMILES string of the molecule is O=C(Cc1c[nH]c2ccccc12)[O][Sn]([CH2]c1ccccc1)([CH2]c1ccccc1)[CH2]c1ccccc1. The van der Waals surface area contributed by atoms with Crippen molar-refractivity contribution in [2.24, 2.45) is 0 Å². The molecule has 0 radical (unpaired) electrons. The number of aromatic nitrogens is 1. The number of aromatic amines is 1. The second-order valence-electron chi connectivity index (χ2n) is 9.18. The average Bonchev–Trinajstić information content (AvgIpc) is 3.28. The van der Waals surface area contributed by atoms with Crippen LogP contribution < -0.4 is 0 Å². The van der Waals surface area contributed by atoms with Crippen LogP contribution in [0.3, 0.4) is 0 Å². The van der Waals surface area contributed by atoms with E-state index < -0.39 is 18.8 Å². The molecule has 1 aromatic heterocycles. The quantitative estimate of drug-likeness (QED) is 0.206. The van der Waals surface area contributed by atoms with Gasteiger partial charge in [0.15, 0.2) is 0 Å². The second-order valence-corrected chi connectivity index (χ2v) is 19.5. The normalized spacial score (nSPS) is 11.4. The van der Waals surface area contributed by atoms with Gasteiger partial charge in [-0.1, -0.05) is 0 Å². The molecule has 0 spiro atoms. The molecule has 35 heavy (non-hydrogen) atoms. The van der Waals surface area contributed by atoms with E-state index in [2.05, 4.69) is 83.8 Å². The summed E-state index contributed by atoms with van der Waals surface area (Å²) in [4.78, 5) is 16.8. The van der Waals surface area contributed by atoms with Crippen LogP contribution in [-0.2, 0) is 27.6 Å². The summed E-state index contributed by atoms with van der Waals surface area (Å²) in [6, 6.07) is 39.6. The zero-order valence-corrected chi connectivity index (χ0v) is 22.5. The van der Waals surface area contributed by atoms with Crippen LogP contribution in [0, 0.1) is 0 Å². The fourth-order valence-corrected chi connectivity index (χ4v) is 16.6. The van der Waals surface area contributed by atoms with E-state index in [1.807, 2.05) is 42.6 Å². The zero-order chi connectivity index (χ0) is 23.9. The molecule has 0 saturated carbocycles. The minimum atomic E-state index is -3.63. The summed E-state index contributed by atoms with van der Waals surface area (Å²) in [5, 5.41) is 1.08. The Morgan fingerprint density at radius 1 is 0.629 bits per heavy atom. The molecule has 0 unspecified atom stereocenters. The molecule has 4 heteroatoms. The molecular weight excluding hydrogens is 537 g/mol. The summed E-state index contributed by atoms with van der Waals surface area (Å²) < 4.78 is 9.27. The summed E-state index contributed by atoms with van der Waals surface area (Å²) in [5.41, 5.74) is 5.77. The van der Waals surface area contributed by atoms with Crippen molar-refractivity contribution in [2.75, 3.05) is 0 Å². The minimum absolute atomic E-state index is 0.117. The van der Waals surface area contributed by atoms with E-state index in [0.29, 0.717) is 0 Å². The van der Waals surface area contributed by atoms with Gasteiger partial charge in [0, 0.05) is 0 Å². The van der Waals surface area contributed by atoms with Crippen molar-refractivity contribution in [3.05, 3.63) is 144 Å². The van der Waals surface area contributed by atoms with Crippen LogP contribution in [0.5, 0.6) is 0 Å². The third-order valence-electron chi connectivity index (χ3n) is 6.45. The number of H-pyrrole nitrogens is 1. The molecular formula is C31H29NO2Sn. The first-order valence-corrected chi connectivity index (χ1v) is 19.3. The number of nitrogens with one attached hydrogen (secondary N) is 1. The van der Waals surface area contributed by atoms with Crippen LogP contribution in [0.25, 0.3) is 10.9 Å². The number of carbonyl (C=O) groups is 1. The fourth-order valence-electron chi connectivity index (χ4n) is 4.91. The third kappa shape index (κ3) is 6.04. The molecule has 174 valence electrons. The van der Waals surface area contributed by atoms with Gasteiger partial charge >= 0.3 is 212 Å². The molecule has 0 saturated heterocycles. The second kappa shape index (κ2) is 11.0. The van der Waals surface area contributed by atoms with E-state index in [1.165, 1.54) is 16.7 Å². The number of para-hydroxylation sites is 1. The predicted molar refractivity (Wildman–Crippen MR) is 144 cm³/mol. The van der Waals surface area contributed by atoms with E-state index in [4.69, 9.17) is 3.07 Å². The Hall–Kier alpha value is -3.31. The van der Waals surface area contributed by atoms with Crippen LogP contribution in [0.2, 0.25) is 0 Å². The summed E-state index contributed by atoms with van der Waals surface area (Å²) >= 11 is -3.63. The van der Waals surface area contributed by atoms with E-state index >= 15 is 0 Å². The first-order valence-electron chi connectivity index (χ1n) is 12.1. The fraction of sp³-hybridized carbons (Fsp3) is 0.129. The number of benzene rings is 4. The van der Waals surface area contributed by atoms with Crippen molar-refractivity contribution in [3.63, 3.8) is 0 Å². The van der Waals surface area contributed by atoms with E-state index in [9.17, 15) is 4.79 Å². The molecule has 5 aromatic rings. The van der Waals surface area contributed by atoms with Crippen molar-refractivity contribution in [1.29, 1.82) is 0 Å².